The summed E-state index contributed by atoms with van der Waals surface area (Å²) >= 11 is 11.2. The van der Waals surface area contributed by atoms with Crippen molar-refractivity contribution in [2.75, 3.05) is 13.7 Å². The minimum Gasteiger partial charge on any atom is -0.494 e. The minimum absolute atomic E-state index is 0.149. The summed E-state index contributed by atoms with van der Waals surface area (Å²) in [4.78, 5) is 50.6. The summed E-state index contributed by atoms with van der Waals surface area (Å²) in [5.74, 6) is -1.53. The van der Waals surface area contributed by atoms with Gasteiger partial charge < -0.3 is 9.47 Å². The van der Waals surface area contributed by atoms with Crippen LogP contribution in [0.25, 0.3) is 0 Å². The third kappa shape index (κ3) is 16.5. The largest absolute Gasteiger partial charge is 0.494 e. The molecule has 7 nitrogen and oxygen atoms in total. The molecule has 0 aliphatic carbocycles. The molecule has 5 aromatic rings. The van der Waals surface area contributed by atoms with Crippen LogP contribution in [0.5, 0.6) is 11.5 Å². The first-order chi connectivity index (χ1) is 24.5. The normalized spacial score (nSPS) is 9.25. The van der Waals surface area contributed by atoms with Crippen LogP contribution in [0.15, 0.2) is 103 Å². The van der Waals surface area contributed by atoms with Crippen molar-refractivity contribution in [1.29, 1.82) is 0 Å². The van der Waals surface area contributed by atoms with Crippen LogP contribution in [0, 0.1) is 23.3 Å². The lowest BCUT2D eigenvalue weighted by molar-refractivity contribution is 0.110. The number of halogens is 6. The average molecular weight is 746 g/mol. The first-order valence-electron chi connectivity index (χ1n) is 14.4. The van der Waals surface area contributed by atoms with E-state index >= 15 is 0 Å². The fourth-order valence-electron chi connectivity index (χ4n) is 3.33. The van der Waals surface area contributed by atoms with Gasteiger partial charge in [-0.3, -0.25) is 24.0 Å². The van der Waals surface area contributed by atoms with Gasteiger partial charge in [0, 0.05) is 27.3 Å². The van der Waals surface area contributed by atoms with E-state index in [-0.39, 0.29) is 17.9 Å². The second-order valence-electron chi connectivity index (χ2n) is 9.34. The van der Waals surface area contributed by atoms with Crippen LogP contribution in [-0.2, 0) is 0 Å². The number of carbonyl (C=O) groups excluding carboxylic acids is 5. The molecule has 0 spiro atoms. The molecule has 0 aliphatic rings. The lowest BCUT2D eigenvalue weighted by Crippen LogP contribution is -1.91. The van der Waals surface area contributed by atoms with Crippen molar-refractivity contribution >= 4 is 54.6 Å². The summed E-state index contributed by atoms with van der Waals surface area (Å²) in [5, 5.41) is 0.929. The van der Waals surface area contributed by atoms with Crippen LogP contribution < -0.4 is 9.47 Å². The monoisotopic (exact) mass is 744 g/mol. The van der Waals surface area contributed by atoms with Gasteiger partial charge in [-0.1, -0.05) is 29.3 Å². The Kier molecular flexibility index (Phi) is 20.8. The lowest BCUT2D eigenvalue weighted by atomic mass is 10.2. The maximum Gasteiger partial charge on any atom is 0.165 e. The van der Waals surface area contributed by atoms with E-state index in [0.29, 0.717) is 57.8 Å². The Bertz CT molecular complexity index is 1830. The molecule has 13 heteroatoms. The van der Waals surface area contributed by atoms with Crippen LogP contribution >= 0.6 is 23.2 Å². The zero-order chi connectivity index (χ0) is 38.2. The van der Waals surface area contributed by atoms with E-state index in [1.165, 1.54) is 55.6 Å². The van der Waals surface area contributed by atoms with Crippen molar-refractivity contribution < 1.29 is 51.0 Å². The predicted molar refractivity (Wildman–Crippen MR) is 187 cm³/mol. The minimum atomic E-state index is -0.824. The number of ether oxygens (including phenoxy) is 2. The number of carbonyl (C=O) groups is 5. The molecule has 0 fully saturated rings. The molecular formula is C38H30Cl2F4O7. The quantitative estimate of drug-likeness (QED) is 0.115. The zero-order valence-corrected chi connectivity index (χ0v) is 28.5. The van der Waals surface area contributed by atoms with Gasteiger partial charge in [0.05, 0.1) is 24.3 Å². The van der Waals surface area contributed by atoms with Crippen molar-refractivity contribution in [3.05, 3.63) is 164 Å². The second-order valence-corrected chi connectivity index (χ2v) is 10.2. The predicted octanol–water partition coefficient (Wildman–Crippen LogP) is 9.77. The molecule has 5 aromatic carbocycles. The first kappa shape index (κ1) is 43.4. The standard InChI is InChI=1S/C9H10O2.C8H7FO2.C7H4Cl2O.C7H4F2O.C7H5FO/c1-2-11-9-5-3-8(7-10)4-6-9;1-11-8-3-2-6(5-10)4-7(8)9;8-6-2-1-5(4-10)7(9)3-6;8-6-2-1-3-7(9)5(6)4-10;8-7-3-1-6(5-9)2-4-7/h3-7H,2H2,1H3;2-5H,1H3;2*1-4H;1-5H. The van der Waals surface area contributed by atoms with Crippen molar-refractivity contribution in [3.8, 4) is 11.5 Å². The SMILES string of the molecule is CCOc1ccc(C=O)cc1.COc1ccc(C=O)cc1F.O=Cc1c(F)cccc1F.O=Cc1ccc(Cl)cc1Cl.O=Cc1ccc(F)cc1. The van der Waals surface area contributed by atoms with Gasteiger partial charge in [0.1, 0.15) is 42.1 Å². The van der Waals surface area contributed by atoms with Crippen molar-refractivity contribution in [2.45, 2.75) is 6.92 Å². The molecule has 0 bridgehead atoms. The van der Waals surface area contributed by atoms with Gasteiger partial charge in [-0.15, -0.1) is 0 Å². The highest BCUT2D eigenvalue weighted by Crippen LogP contribution is 2.19. The summed E-state index contributed by atoms with van der Waals surface area (Å²) in [6.45, 7) is 2.58. The second kappa shape index (κ2) is 24.5. The van der Waals surface area contributed by atoms with Crippen LogP contribution in [0.2, 0.25) is 10.0 Å². The van der Waals surface area contributed by atoms with E-state index in [1.54, 1.807) is 36.4 Å². The highest BCUT2D eigenvalue weighted by molar-refractivity contribution is 6.36. The summed E-state index contributed by atoms with van der Waals surface area (Å²) in [6, 6.07) is 24.5. The Morgan fingerprint density at radius 3 is 1.53 bits per heavy atom. The van der Waals surface area contributed by atoms with E-state index in [2.05, 4.69) is 4.74 Å². The molecule has 0 saturated heterocycles. The Morgan fingerprint density at radius 2 is 1.12 bits per heavy atom. The fraction of sp³-hybridized carbons (Fsp3) is 0.0789. The highest BCUT2D eigenvalue weighted by Gasteiger charge is 2.05. The number of hydrogen-bond acceptors (Lipinski definition) is 7. The summed E-state index contributed by atoms with van der Waals surface area (Å²) in [6.07, 6.45) is 2.93. The number of methoxy groups -OCH3 is 1. The molecule has 266 valence electrons. The van der Waals surface area contributed by atoms with Crippen LogP contribution in [-0.4, -0.2) is 45.1 Å². The van der Waals surface area contributed by atoms with Gasteiger partial charge in [0.2, 0.25) is 0 Å². The lowest BCUT2D eigenvalue weighted by Gasteiger charge is -2.00. The van der Waals surface area contributed by atoms with Gasteiger partial charge in [0.15, 0.2) is 24.1 Å². The summed E-state index contributed by atoms with van der Waals surface area (Å²) in [5.41, 5.74) is 1.43. The van der Waals surface area contributed by atoms with Gasteiger partial charge in [0.25, 0.3) is 0 Å². The molecule has 0 saturated carbocycles. The zero-order valence-electron chi connectivity index (χ0n) is 27.0. The smallest absolute Gasteiger partial charge is 0.165 e. The molecule has 0 heterocycles. The Morgan fingerprint density at radius 1 is 0.588 bits per heavy atom. The molecule has 0 N–H and O–H groups in total. The Balaban J connectivity index is 0.000000319. The van der Waals surface area contributed by atoms with Gasteiger partial charge in [-0.25, -0.2) is 17.6 Å². The van der Waals surface area contributed by atoms with Gasteiger partial charge >= 0.3 is 0 Å². The maximum absolute atomic E-state index is 12.8. The fourth-order valence-corrected chi connectivity index (χ4v) is 3.78. The molecular weight excluding hydrogens is 715 g/mol. The van der Waals surface area contributed by atoms with Crippen molar-refractivity contribution in [2.24, 2.45) is 0 Å². The Hall–Kier alpha value is -5.65. The van der Waals surface area contributed by atoms with Crippen molar-refractivity contribution in [3.63, 3.8) is 0 Å². The molecule has 0 unspecified atom stereocenters. The number of hydrogen-bond donors (Lipinski definition) is 0. The highest BCUT2D eigenvalue weighted by atomic mass is 35.5. The topological polar surface area (TPSA) is 104 Å². The van der Waals surface area contributed by atoms with E-state index in [1.807, 2.05) is 6.92 Å². The third-order valence-corrected chi connectivity index (χ3v) is 6.41. The van der Waals surface area contributed by atoms with E-state index in [9.17, 15) is 41.5 Å². The Labute approximate surface area is 301 Å². The number of aldehydes is 5. The number of rotatable bonds is 8. The maximum atomic E-state index is 12.8. The summed E-state index contributed by atoms with van der Waals surface area (Å²) in [7, 11) is 1.37. The molecule has 51 heavy (non-hydrogen) atoms. The van der Waals surface area contributed by atoms with E-state index in [0.717, 1.165) is 30.2 Å². The third-order valence-electron chi connectivity index (χ3n) is 5.85. The molecule has 5 rings (SSSR count). The average Bonchev–Trinajstić information content (AvgIpc) is 3.13. The van der Waals surface area contributed by atoms with E-state index < -0.39 is 23.0 Å². The van der Waals surface area contributed by atoms with E-state index in [4.69, 9.17) is 27.9 Å². The van der Waals surface area contributed by atoms with Crippen molar-refractivity contribution in [1.82, 2.24) is 0 Å². The molecule has 0 aromatic heterocycles. The summed E-state index contributed by atoms with van der Waals surface area (Å²) < 4.78 is 59.5. The molecule has 0 aliphatic heterocycles. The van der Waals surface area contributed by atoms with Crippen LogP contribution in [0.3, 0.4) is 0 Å². The molecule has 0 radical (unpaired) electrons. The molecule has 0 amide bonds. The first-order valence-corrected chi connectivity index (χ1v) is 15.2. The van der Waals surface area contributed by atoms with Crippen LogP contribution in [0.1, 0.15) is 58.7 Å². The van der Waals surface area contributed by atoms with Gasteiger partial charge in [-0.2, -0.15) is 0 Å². The van der Waals surface area contributed by atoms with Crippen LogP contribution in [0.4, 0.5) is 17.6 Å². The number of benzene rings is 5. The van der Waals surface area contributed by atoms with Gasteiger partial charge in [-0.05, 0) is 104 Å². The molecule has 0 atom stereocenters.